The number of rotatable bonds is 10. The standard InChI is InChI=1S/C18H34N2/c1-5-12-20(13-6-2)16-18(10-8-7-9-11-18)15-19-14-17(3)4/h5-6,17,19H,1-2,7-16H2,3-4H3. The first-order valence-electron chi connectivity index (χ1n) is 8.27. The Balaban J connectivity index is 2.60. The van der Waals surface area contributed by atoms with Gasteiger partial charge in [0.25, 0.3) is 0 Å². The lowest BCUT2D eigenvalue weighted by atomic mass is 9.73. The van der Waals surface area contributed by atoms with E-state index in [1.807, 2.05) is 12.2 Å². The van der Waals surface area contributed by atoms with Crippen LogP contribution in [0.5, 0.6) is 0 Å². The molecule has 0 atom stereocenters. The molecule has 116 valence electrons. The summed E-state index contributed by atoms with van der Waals surface area (Å²) in [6, 6.07) is 0. The molecule has 1 saturated carbocycles. The highest BCUT2D eigenvalue weighted by Gasteiger charge is 2.33. The average molecular weight is 278 g/mol. The SMILES string of the molecule is C=CCN(CC=C)CC1(CNCC(C)C)CCCCC1. The lowest BCUT2D eigenvalue weighted by Gasteiger charge is -2.41. The Hall–Kier alpha value is -0.600. The summed E-state index contributed by atoms with van der Waals surface area (Å²) < 4.78 is 0. The van der Waals surface area contributed by atoms with E-state index in [1.54, 1.807) is 0 Å². The van der Waals surface area contributed by atoms with E-state index in [0.717, 1.165) is 32.1 Å². The Labute approximate surface area is 126 Å². The fraction of sp³-hybridized carbons (Fsp3) is 0.778. The van der Waals surface area contributed by atoms with Crippen LogP contribution in [-0.4, -0.2) is 37.6 Å². The molecular formula is C18H34N2. The lowest BCUT2D eigenvalue weighted by Crippen LogP contribution is -2.46. The summed E-state index contributed by atoms with van der Waals surface area (Å²) in [6.45, 7) is 17.8. The molecule has 0 heterocycles. The molecule has 20 heavy (non-hydrogen) atoms. The summed E-state index contributed by atoms with van der Waals surface area (Å²) in [7, 11) is 0. The van der Waals surface area contributed by atoms with Crippen molar-refractivity contribution in [3.63, 3.8) is 0 Å². The zero-order valence-electron chi connectivity index (χ0n) is 13.7. The van der Waals surface area contributed by atoms with Crippen LogP contribution in [0.4, 0.5) is 0 Å². The maximum absolute atomic E-state index is 3.89. The summed E-state index contributed by atoms with van der Waals surface area (Å²) >= 11 is 0. The first kappa shape index (κ1) is 17.5. The summed E-state index contributed by atoms with van der Waals surface area (Å²) in [6.07, 6.45) is 10.9. The topological polar surface area (TPSA) is 15.3 Å². The number of nitrogens with one attached hydrogen (secondary N) is 1. The Kier molecular flexibility index (Phi) is 8.16. The van der Waals surface area contributed by atoms with E-state index in [2.05, 4.69) is 37.2 Å². The van der Waals surface area contributed by atoms with E-state index in [-0.39, 0.29) is 0 Å². The van der Waals surface area contributed by atoms with Crippen molar-refractivity contribution in [1.82, 2.24) is 10.2 Å². The van der Waals surface area contributed by atoms with Crippen LogP contribution in [0.25, 0.3) is 0 Å². The van der Waals surface area contributed by atoms with Crippen LogP contribution < -0.4 is 5.32 Å². The van der Waals surface area contributed by atoms with Gasteiger partial charge < -0.3 is 5.32 Å². The van der Waals surface area contributed by atoms with E-state index < -0.39 is 0 Å². The maximum Gasteiger partial charge on any atom is 0.0164 e. The average Bonchev–Trinajstić information content (AvgIpc) is 2.40. The first-order chi connectivity index (χ1) is 9.62. The van der Waals surface area contributed by atoms with Crippen molar-refractivity contribution < 1.29 is 0 Å². The van der Waals surface area contributed by atoms with E-state index in [4.69, 9.17) is 0 Å². The Morgan fingerprint density at radius 2 is 1.70 bits per heavy atom. The van der Waals surface area contributed by atoms with Crippen LogP contribution in [0.2, 0.25) is 0 Å². The fourth-order valence-electron chi connectivity index (χ4n) is 3.36. The van der Waals surface area contributed by atoms with Crippen LogP contribution in [0.1, 0.15) is 46.0 Å². The summed E-state index contributed by atoms with van der Waals surface area (Å²) in [5.74, 6) is 0.730. The van der Waals surface area contributed by atoms with Gasteiger partial charge in [-0.15, -0.1) is 13.2 Å². The van der Waals surface area contributed by atoms with Crippen molar-refractivity contribution in [2.75, 3.05) is 32.7 Å². The van der Waals surface area contributed by atoms with E-state index in [0.29, 0.717) is 5.41 Å². The Morgan fingerprint density at radius 3 is 2.20 bits per heavy atom. The maximum atomic E-state index is 3.89. The fourth-order valence-corrected chi connectivity index (χ4v) is 3.36. The number of nitrogens with zero attached hydrogens (tertiary/aromatic N) is 1. The molecule has 0 amide bonds. The van der Waals surface area contributed by atoms with Crippen LogP contribution in [0.3, 0.4) is 0 Å². The Bertz CT molecular complexity index is 267. The van der Waals surface area contributed by atoms with Gasteiger partial charge >= 0.3 is 0 Å². The monoisotopic (exact) mass is 278 g/mol. The van der Waals surface area contributed by atoms with Gasteiger partial charge in [-0.05, 0) is 30.7 Å². The molecule has 0 aromatic rings. The molecule has 0 radical (unpaired) electrons. The zero-order chi connectivity index (χ0) is 14.8. The minimum Gasteiger partial charge on any atom is -0.316 e. The smallest absolute Gasteiger partial charge is 0.0164 e. The van der Waals surface area contributed by atoms with Gasteiger partial charge in [0.15, 0.2) is 0 Å². The van der Waals surface area contributed by atoms with Gasteiger partial charge in [0.2, 0.25) is 0 Å². The predicted molar refractivity (Wildman–Crippen MR) is 90.1 cm³/mol. The van der Waals surface area contributed by atoms with Gasteiger partial charge in [-0.25, -0.2) is 0 Å². The van der Waals surface area contributed by atoms with Crippen molar-refractivity contribution in [3.8, 4) is 0 Å². The minimum atomic E-state index is 0.457. The summed E-state index contributed by atoms with van der Waals surface area (Å²) in [5.41, 5.74) is 0.457. The molecule has 0 saturated heterocycles. The molecule has 0 bridgehead atoms. The van der Waals surface area contributed by atoms with Crippen LogP contribution in [-0.2, 0) is 0 Å². The Morgan fingerprint density at radius 1 is 1.10 bits per heavy atom. The third-order valence-corrected chi connectivity index (χ3v) is 4.30. The summed E-state index contributed by atoms with van der Waals surface area (Å²) in [5, 5.41) is 3.71. The third-order valence-electron chi connectivity index (χ3n) is 4.30. The van der Waals surface area contributed by atoms with E-state index in [1.165, 1.54) is 38.6 Å². The number of hydrogen-bond acceptors (Lipinski definition) is 2. The highest BCUT2D eigenvalue weighted by Crippen LogP contribution is 2.36. The molecule has 0 aromatic carbocycles. The molecule has 1 aliphatic rings. The molecule has 2 nitrogen and oxygen atoms in total. The normalized spacial score (nSPS) is 18.4. The molecule has 0 spiro atoms. The van der Waals surface area contributed by atoms with Gasteiger partial charge in [-0.1, -0.05) is 45.3 Å². The van der Waals surface area contributed by atoms with Crippen molar-refractivity contribution in [1.29, 1.82) is 0 Å². The van der Waals surface area contributed by atoms with E-state index in [9.17, 15) is 0 Å². The lowest BCUT2D eigenvalue weighted by molar-refractivity contribution is 0.115. The molecule has 0 unspecified atom stereocenters. The molecule has 0 aliphatic heterocycles. The van der Waals surface area contributed by atoms with E-state index >= 15 is 0 Å². The van der Waals surface area contributed by atoms with Gasteiger partial charge in [0, 0.05) is 26.2 Å². The molecular weight excluding hydrogens is 244 g/mol. The van der Waals surface area contributed by atoms with Crippen molar-refractivity contribution in [2.24, 2.45) is 11.3 Å². The van der Waals surface area contributed by atoms with Gasteiger partial charge in [0.1, 0.15) is 0 Å². The predicted octanol–water partition coefficient (Wildman–Crippen LogP) is 3.86. The third kappa shape index (κ3) is 6.23. The second kappa shape index (κ2) is 9.36. The largest absolute Gasteiger partial charge is 0.316 e. The van der Waals surface area contributed by atoms with Crippen LogP contribution in [0, 0.1) is 11.3 Å². The molecule has 1 fully saturated rings. The quantitative estimate of drug-likeness (QED) is 0.611. The molecule has 1 aliphatic carbocycles. The molecule has 1 N–H and O–H groups in total. The second-order valence-corrected chi connectivity index (χ2v) is 6.86. The molecule has 2 heteroatoms. The number of hydrogen-bond donors (Lipinski definition) is 1. The summed E-state index contributed by atoms with van der Waals surface area (Å²) in [4.78, 5) is 2.49. The zero-order valence-corrected chi connectivity index (χ0v) is 13.7. The van der Waals surface area contributed by atoms with Crippen molar-refractivity contribution in [3.05, 3.63) is 25.3 Å². The van der Waals surface area contributed by atoms with Crippen LogP contribution in [0.15, 0.2) is 25.3 Å². The highest BCUT2D eigenvalue weighted by molar-refractivity contribution is 4.91. The highest BCUT2D eigenvalue weighted by atomic mass is 15.1. The van der Waals surface area contributed by atoms with Gasteiger partial charge in [-0.2, -0.15) is 0 Å². The molecule has 0 aromatic heterocycles. The minimum absolute atomic E-state index is 0.457. The first-order valence-corrected chi connectivity index (χ1v) is 8.27. The second-order valence-electron chi connectivity index (χ2n) is 6.86. The van der Waals surface area contributed by atoms with Crippen molar-refractivity contribution >= 4 is 0 Å². The van der Waals surface area contributed by atoms with Gasteiger partial charge in [0.05, 0.1) is 0 Å². The van der Waals surface area contributed by atoms with Gasteiger partial charge in [-0.3, -0.25) is 4.90 Å². The van der Waals surface area contributed by atoms with Crippen LogP contribution >= 0.6 is 0 Å². The van der Waals surface area contributed by atoms with Crippen molar-refractivity contribution in [2.45, 2.75) is 46.0 Å². The molecule has 1 rings (SSSR count).